The molecule has 308 valence electrons. The van der Waals surface area contributed by atoms with Crippen LogP contribution in [-0.4, -0.2) is 34.9 Å². The van der Waals surface area contributed by atoms with Crippen molar-refractivity contribution < 1.29 is 15.0 Å². The summed E-state index contributed by atoms with van der Waals surface area (Å²) in [6.07, 6.45) is 66.5. The van der Waals surface area contributed by atoms with Crippen LogP contribution in [0, 0.1) is 0 Å². The zero-order chi connectivity index (χ0) is 39.3. The summed E-state index contributed by atoms with van der Waals surface area (Å²) in [4.78, 5) is 12.4. The van der Waals surface area contributed by atoms with E-state index in [2.05, 4.69) is 104 Å². The number of amides is 1. The van der Waals surface area contributed by atoms with E-state index in [1.807, 2.05) is 6.08 Å². The summed E-state index contributed by atoms with van der Waals surface area (Å²) in [6.45, 7) is 4.16. The molecule has 3 N–H and O–H groups in total. The second-order valence-corrected chi connectivity index (χ2v) is 14.7. The molecule has 0 aromatic carbocycles. The standard InChI is InChI=1S/C50H85NO3/c1-3-5-7-9-11-13-15-17-19-21-23-24-25-26-28-30-32-34-36-38-40-42-44-46-50(54)51-48(47-52)49(53)45-43-41-39-37-35-33-31-29-27-22-20-18-16-14-12-10-8-6-4-2/h5,7,11,13,17,19,23-24,26-29,35,37,43,45,48-49,52-53H,3-4,6,8-10,12,14-16,18,20-22,25,30-34,36,38-42,44,46-47H2,1-2H3,(H,51,54)/b7-5-,13-11-,19-17-,24-23-,28-26-,29-27+,37-35+,45-43+. The van der Waals surface area contributed by atoms with Crippen molar-refractivity contribution in [1.29, 1.82) is 0 Å². The molecule has 54 heavy (non-hydrogen) atoms. The molecule has 0 aromatic heterocycles. The van der Waals surface area contributed by atoms with Crippen molar-refractivity contribution in [3.8, 4) is 0 Å². The Morgan fingerprint density at radius 1 is 0.463 bits per heavy atom. The number of hydrogen-bond acceptors (Lipinski definition) is 3. The van der Waals surface area contributed by atoms with E-state index in [4.69, 9.17) is 0 Å². The Balaban J connectivity index is 3.71. The summed E-state index contributed by atoms with van der Waals surface area (Å²) < 4.78 is 0. The van der Waals surface area contributed by atoms with Gasteiger partial charge in [0, 0.05) is 6.42 Å². The molecule has 0 aromatic rings. The second-order valence-electron chi connectivity index (χ2n) is 14.7. The van der Waals surface area contributed by atoms with Crippen LogP contribution in [0.25, 0.3) is 0 Å². The third-order valence-electron chi connectivity index (χ3n) is 9.53. The van der Waals surface area contributed by atoms with Gasteiger partial charge in [0.15, 0.2) is 0 Å². The van der Waals surface area contributed by atoms with Gasteiger partial charge < -0.3 is 15.5 Å². The molecule has 0 fully saturated rings. The molecule has 0 aliphatic heterocycles. The molecule has 4 heteroatoms. The van der Waals surface area contributed by atoms with Gasteiger partial charge in [-0.25, -0.2) is 0 Å². The van der Waals surface area contributed by atoms with Gasteiger partial charge in [-0.05, 0) is 89.9 Å². The fourth-order valence-electron chi connectivity index (χ4n) is 6.12. The van der Waals surface area contributed by atoms with Gasteiger partial charge in [0.05, 0.1) is 18.8 Å². The van der Waals surface area contributed by atoms with Crippen LogP contribution in [0.5, 0.6) is 0 Å². The minimum atomic E-state index is -0.881. The zero-order valence-electron chi connectivity index (χ0n) is 35.2. The Morgan fingerprint density at radius 2 is 0.833 bits per heavy atom. The average Bonchev–Trinajstić information content (AvgIpc) is 3.18. The Labute approximate surface area is 334 Å². The van der Waals surface area contributed by atoms with Crippen molar-refractivity contribution in [2.45, 2.75) is 206 Å². The normalized spacial score (nSPS) is 13.9. The molecule has 0 radical (unpaired) electrons. The third-order valence-corrected chi connectivity index (χ3v) is 9.53. The third kappa shape index (κ3) is 40.5. The molecule has 0 rings (SSSR count). The minimum Gasteiger partial charge on any atom is -0.394 e. The van der Waals surface area contributed by atoms with Crippen LogP contribution in [0.1, 0.15) is 194 Å². The maximum Gasteiger partial charge on any atom is 0.220 e. The first kappa shape index (κ1) is 51.3. The topological polar surface area (TPSA) is 69.6 Å². The predicted octanol–water partition coefficient (Wildman–Crippen LogP) is 14.2. The lowest BCUT2D eigenvalue weighted by Crippen LogP contribution is -2.45. The van der Waals surface area contributed by atoms with Crippen LogP contribution in [0.2, 0.25) is 0 Å². The summed E-state index contributed by atoms with van der Waals surface area (Å²) in [5, 5.41) is 23.0. The molecule has 0 saturated heterocycles. The number of carbonyl (C=O) groups excluding carboxylic acids is 1. The minimum absolute atomic E-state index is 0.0938. The molecule has 0 spiro atoms. The number of allylic oxidation sites excluding steroid dienone is 15. The van der Waals surface area contributed by atoms with Crippen molar-refractivity contribution in [3.63, 3.8) is 0 Å². The van der Waals surface area contributed by atoms with Gasteiger partial charge in [0.25, 0.3) is 0 Å². The zero-order valence-corrected chi connectivity index (χ0v) is 35.2. The molecule has 0 saturated carbocycles. The fourth-order valence-corrected chi connectivity index (χ4v) is 6.12. The van der Waals surface area contributed by atoms with E-state index in [9.17, 15) is 15.0 Å². The van der Waals surface area contributed by atoms with Crippen LogP contribution < -0.4 is 5.32 Å². The lowest BCUT2D eigenvalue weighted by Gasteiger charge is -2.19. The summed E-state index contributed by atoms with van der Waals surface area (Å²) in [5.74, 6) is -0.0938. The highest BCUT2D eigenvalue weighted by Crippen LogP contribution is 2.12. The monoisotopic (exact) mass is 748 g/mol. The molecular formula is C50H85NO3. The molecule has 0 bridgehead atoms. The highest BCUT2D eigenvalue weighted by atomic mass is 16.3. The summed E-state index contributed by atoms with van der Waals surface area (Å²) in [5.41, 5.74) is 0. The van der Waals surface area contributed by atoms with E-state index in [1.165, 1.54) is 89.9 Å². The van der Waals surface area contributed by atoms with Crippen molar-refractivity contribution >= 4 is 5.91 Å². The van der Waals surface area contributed by atoms with Gasteiger partial charge in [-0.2, -0.15) is 0 Å². The van der Waals surface area contributed by atoms with E-state index in [0.717, 1.165) is 83.5 Å². The van der Waals surface area contributed by atoms with Gasteiger partial charge in [-0.1, -0.05) is 195 Å². The number of aliphatic hydroxyl groups is 2. The van der Waals surface area contributed by atoms with E-state index in [0.29, 0.717) is 6.42 Å². The highest BCUT2D eigenvalue weighted by Gasteiger charge is 2.17. The van der Waals surface area contributed by atoms with Crippen LogP contribution in [0.15, 0.2) is 97.2 Å². The SMILES string of the molecule is CC/C=C\C/C=C\C/C=C\C/C=C\C/C=C\CCCCCCCCCC(=O)NC(CO)C(O)/C=C/CC/C=C/CC/C=C/CCCCCCCCCCC. The van der Waals surface area contributed by atoms with Gasteiger partial charge >= 0.3 is 0 Å². The number of rotatable bonds is 39. The second kappa shape index (κ2) is 44.7. The Morgan fingerprint density at radius 3 is 1.30 bits per heavy atom. The number of unbranched alkanes of at least 4 members (excludes halogenated alkanes) is 18. The Kier molecular flexibility index (Phi) is 42.5. The Bertz CT molecular complexity index is 1030. The number of carbonyl (C=O) groups is 1. The van der Waals surface area contributed by atoms with Crippen LogP contribution in [-0.2, 0) is 4.79 Å². The lowest BCUT2D eigenvalue weighted by molar-refractivity contribution is -0.123. The fraction of sp³-hybridized carbons (Fsp3) is 0.660. The summed E-state index contributed by atoms with van der Waals surface area (Å²) in [6, 6.07) is -0.658. The largest absolute Gasteiger partial charge is 0.394 e. The molecule has 1 amide bonds. The maximum absolute atomic E-state index is 12.4. The molecule has 0 aliphatic carbocycles. The molecule has 2 unspecified atom stereocenters. The van der Waals surface area contributed by atoms with E-state index >= 15 is 0 Å². The molecule has 0 heterocycles. The van der Waals surface area contributed by atoms with Crippen molar-refractivity contribution in [1.82, 2.24) is 5.32 Å². The van der Waals surface area contributed by atoms with Crippen LogP contribution in [0.4, 0.5) is 0 Å². The van der Waals surface area contributed by atoms with E-state index in [1.54, 1.807) is 6.08 Å². The first-order valence-electron chi connectivity index (χ1n) is 22.5. The quantitative estimate of drug-likeness (QED) is 0.0433. The smallest absolute Gasteiger partial charge is 0.220 e. The van der Waals surface area contributed by atoms with Crippen molar-refractivity contribution in [2.24, 2.45) is 0 Å². The first-order chi connectivity index (χ1) is 26.7. The average molecular weight is 748 g/mol. The van der Waals surface area contributed by atoms with Crippen LogP contribution >= 0.6 is 0 Å². The van der Waals surface area contributed by atoms with Gasteiger partial charge in [-0.15, -0.1) is 0 Å². The summed E-state index contributed by atoms with van der Waals surface area (Å²) in [7, 11) is 0. The predicted molar refractivity (Wildman–Crippen MR) is 239 cm³/mol. The Hall–Kier alpha value is -2.69. The number of aliphatic hydroxyl groups excluding tert-OH is 2. The van der Waals surface area contributed by atoms with Gasteiger partial charge in [0.1, 0.15) is 0 Å². The van der Waals surface area contributed by atoms with E-state index < -0.39 is 12.1 Å². The van der Waals surface area contributed by atoms with Gasteiger partial charge in [-0.3, -0.25) is 4.79 Å². The van der Waals surface area contributed by atoms with Gasteiger partial charge in [0.2, 0.25) is 5.91 Å². The molecule has 0 aliphatic rings. The van der Waals surface area contributed by atoms with Crippen molar-refractivity contribution in [3.05, 3.63) is 97.2 Å². The number of nitrogens with one attached hydrogen (secondary N) is 1. The lowest BCUT2D eigenvalue weighted by atomic mass is 10.1. The molecule has 2 atom stereocenters. The number of hydrogen-bond donors (Lipinski definition) is 3. The maximum atomic E-state index is 12.4. The van der Waals surface area contributed by atoms with Crippen LogP contribution in [0.3, 0.4) is 0 Å². The molecule has 4 nitrogen and oxygen atoms in total. The molecular weight excluding hydrogens is 663 g/mol. The van der Waals surface area contributed by atoms with Crippen molar-refractivity contribution in [2.75, 3.05) is 6.61 Å². The first-order valence-corrected chi connectivity index (χ1v) is 22.5. The highest BCUT2D eigenvalue weighted by molar-refractivity contribution is 5.76. The van der Waals surface area contributed by atoms with E-state index in [-0.39, 0.29) is 12.5 Å². The summed E-state index contributed by atoms with van der Waals surface area (Å²) >= 11 is 0.